The lowest BCUT2D eigenvalue weighted by Gasteiger charge is -2.37. The van der Waals surface area contributed by atoms with Crippen LogP contribution >= 0.6 is 15.9 Å². The number of benzene rings is 1. The monoisotopic (exact) mass is 413 g/mol. The van der Waals surface area contributed by atoms with Gasteiger partial charge in [0, 0.05) is 49.3 Å². The molecule has 2 aliphatic rings. The Morgan fingerprint density at radius 1 is 1.28 bits per heavy atom. The van der Waals surface area contributed by atoms with E-state index in [-0.39, 0.29) is 5.69 Å². The highest BCUT2D eigenvalue weighted by atomic mass is 79.9. The highest BCUT2D eigenvalue weighted by molar-refractivity contribution is 9.10. The van der Waals surface area contributed by atoms with E-state index in [1.165, 1.54) is 13.2 Å². The Labute approximate surface area is 156 Å². The number of piperidine rings is 1. The molecule has 0 aliphatic carbocycles. The maximum Gasteiger partial charge on any atom is 0.312 e. The summed E-state index contributed by atoms with van der Waals surface area (Å²) >= 11 is 3.49. The first kappa shape index (κ1) is 18.4. The van der Waals surface area contributed by atoms with Crippen LogP contribution in [0.1, 0.15) is 12.8 Å². The molecule has 25 heavy (non-hydrogen) atoms. The molecular weight excluding hydrogens is 390 g/mol. The van der Waals surface area contributed by atoms with E-state index in [1.807, 2.05) is 0 Å². The maximum absolute atomic E-state index is 11.1. The number of methoxy groups -OCH3 is 1. The molecule has 2 heterocycles. The Morgan fingerprint density at radius 2 is 1.96 bits per heavy atom. The van der Waals surface area contributed by atoms with Crippen LogP contribution in [0.15, 0.2) is 16.6 Å². The molecule has 2 saturated heterocycles. The zero-order chi connectivity index (χ0) is 17.8. The van der Waals surface area contributed by atoms with E-state index in [4.69, 9.17) is 9.47 Å². The van der Waals surface area contributed by atoms with Crippen molar-refractivity contribution in [1.82, 2.24) is 4.90 Å². The van der Waals surface area contributed by atoms with E-state index in [2.05, 4.69) is 25.7 Å². The van der Waals surface area contributed by atoms with Crippen LogP contribution in [0.2, 0.25) is 0 Å². The molecule has 0 saturated carbocycles. The summed E-state index contributed by atoms with van der Waals surface area (Å²) in [7, 11) is 1.47. The Kier molecular flexibility index (Phi) is 6.14. The van der Waals surface area contributed by atoms with Crippen molar-refractivity contribution in [2.24, 2.45) is 5.92 Å². The Hall–Kier alpha value is -1.38. The summed E-state index contributed by atoms with van der Waals surface area (Å²) in [6, 6.07) is 3.30. The predicted molar refractivity (Wildman–Crippen MR) is 99.5 cm³/mol. The maximum atomic E-state index is 11.1. The molecule has 0 radical (unpaired) electrons. The van der Waals surface area contributed by atoms with E-state index >= 15 is 0 Å². The Balaban J connectivity index is 1.63. The molecular formula is C17H24BrN3O4. The summed E-state index contributed by atoms with van der Waals surface area (Å²) in [5.74, 6) is 1.01. The third-order valence-electron chi connectivity index (χ3n) is 5.02. The topological polar surface area (TPSA) is 68.1 Å². The van der Waals surface area contributed by atoms with Gasteiger partial charge in [0.2, 0.25) is 0 Å². The fraction of sp³-hybridized carbons (Fsp3) is 0.647. The number of ether oxygens (including phenoxy) is 2. The molecule has 1 aromatic carbocycles. The summed E-state index contributed by atoms with van der Waals surface area (Å²) in [6.45, 7) is 6.80. The minimum Gasteiger partial charge on any atom is -0.490 e. The van der Waals surface area contributed by atoms with Gasteiger partial charge in [-0.15, -0.1) is 0 Å². The smallest absolute Gasteiger partial charge is 0.312 e. The van der Waals surface area contributed by atoms with Gasteiger partial charge < -0.3 is 14.4 Å². The van der Waals surface area contributed by atoms with Crippen LogP contribution in [0.5, 0.6) is 5.75 Å². The second-order valence-electron chi connectivity index (χ2n) is 6.58. The number of nitro benzene ring substituents is 1. The molecule has 0 bridgehead atoms. The zero-order valence-electron chi connectivity index (χ0n) is 14.4. The van der Waals surface area contributed by atoms with Crippen molar-refractivity contribution in [1.29, 1.82) is 0 Å². The second-order valence-corrected chi connectivity index (χ2v) is 7.43. The zero-order valence-corrected chi connectivity index (χ0v) is 16.0. The van der Waals surface area contributed by atoms with Gasteiger partial charge in [-0.05, 0) is 34.7 Å². The summed E-state index contributed by atoms with van der Waals surface area (Å²) in [5.41, 5.74) is 0.951. The number of nitrogens with zero attached hydrogens (tertiary/aromatic N) is 3. The van der Waals surface area contributed by atoms with Crippen LogP contribution < -0.4 is 9.64 Å². The minimum atomic E-state index is -0.415. The minimum absolute atomic E-state index is 0.0136. The van der Waals surface area contributed by atoms with Crippen molar-refractivity contribution >= 4 is 27.3 Å². The van der Waals surface area contributed by atoms with E-state index < -0.39 is 4.92 Å². The first-order valence-electron chi connectivity index (χ1n) is 8.65. The van der Waals surface area contributed by atoms with Crippen LogP contribution in [0.4, 0.5) is 11.4 Å². The SMILES string of the molecule is COc1cc(N2CCC(CN3CCOCC3)CC2)c(Br)cc1[N+](=O)[O-]. The standard InChI is InChI=1S/C17H24BrN3O4/c1-24-17-11-15(14(18)10-16(17)21(22)23)20-4-2-13(3-5-20)12-19-6-8-25-9-7-19/h10-11,13H,2-9,12H2,1H3. The average Bonchev–Trinajstić information content (AvgIpc) is 2.63. The van der Waals surface area contributed by atoms with Crippen molar-refractivity contribution < 1.29 is 14.4 Å². The molecule has 138 valence electrons. The molecule has 3 rings (SSSR count). The number of hydrogen-bond acceptors (Lipinski definition) is 6. The molecule has 0 amide bonds. The van der Waals surface area contributed by atoms with Crippen LogP contribution in [0.25, 0.3) is 0 Å². The first-order valence-corrected chi connectivity index (χ1v) is 9.44. The van der Waals surface area contributed by atoms with Gasteiger partial charge in [0.05, 0.1) is 30.9 Å². The van der Waals surface area contributed by atoms with E-state index in [1.54, 1.807) is 6.07 Å². The van der Waals surface area contributed by atoms with Gasteiger partial charge in [-0.1, -0.05) is 0 Å². The predicted octanol–water partition coefficient (Wildman–Crippen LogP) is 2.91. The van der Waals surface area contributed by atoms with Crippen LogP contribution in [0, 0.1) is 16.0 Å². The van der Waals surface area contributed by atoms with Crippen LogP contribution in [0.3, 0.4) is 0 Å². The van der Waals surface area contributed by atoms with Crippen molar-refractivity contribution in [2.45, 2.75) is 12.8 Å². The van der Waals surface area contributed by atoms with Gasteiger partial charge in [0.1, 0.15) is 0 Å². The third kappa shape index (κ3) is 4.43. The summed E-state index contributed by atoms with van der Waals surface area (Å²) in [5, 5.41) is 11.1. The third-order valence-corrected chi connectivity index (χ3v) is 5.66. The Bertz CT molecular complexity index is 614. The number of nitro groups is 1. The largest absolute Gasteiger partial charge is 0.490 e. The van der Waals surface area contributed by atoms with Crippen molar-refractivity contribution in [3.8, 4) is 5.75 Å². The lowest BCUT2D eigenvalue weighted by atomic mass is 9.95. The van der Waals surface area contributed by atoms with Crippen molar-refractivity contribution in [2.75, 3.05) is 57.9 Å². The molecule has 0 unspecified atom stereocenters. The molecule has 2 fully saturated rings. The fourth-order valence-corrected chi connectivity index (χ4v) is 4.17. The summed E-state index contributed by atoms with van der Waals surface area (Å²) < 4.78 is 11.4. The molecule has 0 N–H and O–H groups in total. The van der Waals surface area contributed by atoms with Gasteiger partial charge in [0.15, 0.2) is 5.75 Å². The van der Waals surface area contributed by atoms with E-state index in [9.17, 15) is 10.1 Å². The van der Waals surface area contributed by atoms with Crippen molar-refractivity contribution in [3.63, 3.8) is 0 Å². The molecule has 0 atom stereocenters. The number of anilines is 1. The lowest BCUT2D eigenvalue weighted by molar-refractivity contribution is -0.385. The average molecular weight is 414 g/mol. The number of hydrogen-bond donors (Lipinski definition) is 0. The van der Waals surface area contributed by atoms with Crippen LogP contribution in [-0.4, -0.2) is 62.9 Å². The van der Waals surface area contributed by atoms with Gasteiger partial charge >= 0.3 is 5.69 Å². The lowest BCUT2D eigenvalue weighted by Crippen LogP contribution is -2.43. The normalized spacial score (nSPS) is 19.8. The first-order chi connectivity index (χ1) is 12.1. The number of halogens is 1. The summed E-state index contributed by atoms with van der Waals surface area (Å²) in [6.07, 6.45) is 2.26. The van der Waals surface area contributed by atoms with Gasteiger partial charge in [-0.25, -0.2) is 0 Å². The van der Waals surface area contributed by atoms with Gasteiger partial charge in [-0.3, -0.25) is 15.0 Å². The number of rotatable bonds is 5. The van der Waals surface area contributed by atoms with Gasteiger partial charge in [0.25, 0.3) is 0 Å². The Morgan fingerprint density at radius 3 is 2.56 bits per heavy atom. The quantitative estimate of drug-likeness (QED) is 0.545. The number of morpholine rings is 1. The van der Waals surface area contributed by atoms with Crippen LogP contribution in [-0.2, 0) is 4.74 Å². The molecule has 0 aromatic heterocycles. The molecule has 8 heteroatoms. The molecule has 1 aromatic rings. The second kappa shape index (κ2) is 8.33. The highest BCUT2D eigenvalue weighted by Gasteiger charge is 2.26. The highest BCUT2D eigenvalue weighted by Crippen LogP contribution is 2.39. The molecule has 2 aliphatic heterocycles. The van der Waals surface area contributed by atoms with Gasteiger partial charge in [-0.2, -0.15) is 0 Å². The molecule has 7 nitrogen and oxygen atoms in total. The van der Waals surface area contributed by atoms with E-state index in [0.717, 1.165) is 68.9 Å². The van der Waals surface area contributed by atoms with Crippen molar-refractivity contribution in [3.05, 3.63) is 26.7 Å². The summed E-state index contributed by atoms with van der Waals surface area (Å²) in [4.78, 5) is 15.5. The molecule has 0 spiro atoms. The fourth-order valence-electron chi connectivity index (χ4n) is 3.59. The van der Waals surface area contributed by atoms with E-state index in [0.29, 0.717) is 11.7 Å².